The van der Waals surface area contributed by atoms with Crippen LogP contribution in [0.5, 0.6) is 0 Å². The number of hydrogen-bond donors (Lipinski definition) is 1. The van der Waals surface area contributed by atoms with Gasteiger partial charge in [0.1, 0.15) is 0 Å². The van der Waals surface area contributed by atoms with Crippen LogP contribution in [-0.2, 0) is 0 Å². The second kappa shape index (κ2) is 7.55. The van der Waals surface area contributed by atoms with Gasteiger partial charge in [-0.15, -0.1) is 0 Å². The molecule has 0 aliphatic carbocycles. The summed E-state index contributed by atoms with van der Waals surface area (Å²) in [5, 5.41) is 3.59. The molecule has 100 valence electrons. The number of likely N-dealkylation sites (tertiary alicyclic amines) is 1. The minimum Gasteiger partial charge on any atom is -0.315 e. The van der Waals surface area contributed by atoms with Gasteiger partial charge in [-0.1, -0.05) is 43.7 Å². The minimum absolute atomic E-state index is 0.554. The Hall–Kier alpha value is -0.860. The van der Waals surface area contributed by atoms with E-state index in [-0.39, 0.29) is 0 Å². The molecular formula is C16H26N2. The standard InChI is InChI=1S/C16H26N2/c1-2-11-17-14-16(15-9-5-3-6-10-15)18-12-7-4-8-13-18/h3,5-6,9-10,16-17H,2,4,7-8,11-14H2,1H3. The van der Waals surface area contributed by atoms with Crippen molar-refractivity contribution in [2.24, 2.45) is 0 Å². The van der Waals surface area contributed by atoms with E-state index in [0.717, 1.165) is 13.1 Å². The number of hydrogen-bond acceptors (Lipinski definition) is 2. The van der Waals surface area contributed by atoms with Gasteiger partial charge in [-0.3, -0.25) is 4.90 Å². The van der Waals surface area contributed by atoms with E-state index in [9.17, 15) is 0 Å². The summed E-state index contributed by atoms with van der Waals surface area (Å²) in [6.45, 7) is 6.95. The second-order valence-corrected chi connectivity index (χ2v) is 5.23. The van der Waals surface area contributed by atoms with Gasteiger partial charge < -0.3 is 5.32 Å². The smallest absolute Gasteiger partial charge is 0.0472 e. The van der Waals surface area contributed by atoms with E-state index < -0.39 is 0 Å². The third-order valence-corrected chi connectivity index (χ3v) is 3.78. The number of nitrogens with one attached hydrogen (secondary N) is 1. The van der Waals surface area contributed by atoms with E-state index in [1.165, 1.54) is 44.3 Å². The third kappa shape index (κ3) is 3.82. The number of rotatable bonds is 6. The molecule has 0 aromatic heterocycles. The van der Waals surface area contributed by atoms with Gasteiger partial charge in [-0.2, -0.15) is 0 Å². The predicted octanol–water partition coefficient (Wildman–Crippen LogP) is 3.21. The van der Waals surface area contributed by atoms with Crippen LogP contribution in [0.15, 0.2) is 30.3 Å². The highest BCUT2D eigenvalue weighted by atomic mass is 15.2. The molecule has 1 aliphatic rings. The molecule has 1 heterocycles. The van der Waals surface area contributed by atoms with E-state index in [4.69, 9.17) is 0 Å². The van der Waals surface area contributed by atoms with Gasteiger partial charge in [0.25, 0.3) is 0 Å². The summed E-state index contributed by atoms with van der Waals surface area (Å²) in [6.07, 6.45) is 5.33. The molecule has 1 aromatic rings. The van der Waals surface area contributed by atoms with Gasteiger partial charge in [0.05, 0.1) is 0 Å². The van der Waals surface area contributed by atoms with Crippen LogP contribution >= 0.6 is 0 Å². The largest absolute Gasteiger partial charge is 0.315 e. The van der Waals surface area contributed by atoms with E-state index in [1.54, 1.807) is 0 Å². The first-order valence-electron chi connectivity index (χ1n) is 7.41. The first-order valence-corrected chi connectivity index (χ1v) is 7.41. The Balaban J connectivity index is 2.01. The molecule has 1 atom stereocenters. The first-order chi connectivity index (χ1) is 8.92. The van der Waals surface area contributed by atoms with E-state index in [0.29, 0.717) is 6.04 Å². The molecule has 1 N–H and O–H groups in total. The lowest BCUT2D eigenvalue weighted by molar-refractivity contribution is 0.160. The normalized spacial score (nSPS) is 18.7. The lowest BCUT2D eigenvalue weighted by Gasteiger charge is -2.35. The van der Waals surface area contributed by atoms with E-state index >= 15 is 0 Å². The fourth-order valence-electron chi connectivity index (χ4n) is 2.78. The monoisotopic (exact) mass is 246 g/mol. The summed E-state index contributed by atoms with van der Waals surface area (Å²) >= 11 is 0. The molecule has 2 nitrogen and oxygen atoms in total. The molecule has 0 bridgehead atoms. The molecule has 0 amide bonds. The summed E-state index contributed by atoms with van der Waals surface area (Å²) in [4.78, 5) is 2.65. The Morgan fingerprint density at radius 2 is 1.83 bits per heavy atom. The molecule has 1 saturated heterocycles. The van der Waals surface area contributed by atoms with Crippen LogP contribution in [0, 0.1) is 0 Å². The maximum absolute atomic E-state index is 3.59. The summed E-state index contributed by atoms with van der Waals surface area (Å²) in [7, 11) is 0. The van der Waals surface area contributed by atoms with Crippen LogP contribution in [0.25, 0.3) is 0 Å². The SMILES string of the molecule is CCCNCC(c1ccccc1)N1CCCCC1. The van der Waals surface area contributed by atoms with Gasteiger partial charge in [0, 0.05) is 12.6 Å². The maximum atomic E-state index is 3.59. The van der Waals surface area contributed by atoms with Gasteiger partial charge in [0.2, 0.25) is 0 Å². The molecule has 0 saturated carbocycles. The lowest BCUT2D eigenvalue weighted by Crippen LogP contribution is -2.39. The quantitative estimate of drug-likeness (QED) is 0.775. The molecule has 0 radical (unpaired) electrons. The molecule has 2 rings (SSSR count). The summed E-state index contributed by atoms with van der Waals surface area (Å²) < 4.78 is 0. The number of benzene rings is 1. The molecular weight excluding hydrogens is 220 g/mol. The molecule has 1 unspecified atom stereocenters. The Bertz CT molecular complexity index is 317. The molecule has 1 aromatic carbocycles. The molecule has 1 fully saturated rings. The van der Waals surface area contributed by atoms with Crippen molar-refractivity contribution in [3.63, 3.8) is 0 Å². The Kier molecular flexibility index (Phi) is 5.69. The number of piperidine rings is 1. The van der Waals surface area contributed by atoms with Crippen LogP contribution < -0.4 is 5.32 Å². The average Bonchev–Trinajstić information content (AvgIpc) is 2.46. The maximum Gasteiger partial charge on any atom is 0.0472 e. The highest BCUT2D eigenvalue weighted by Gasteiger charge is 2.21. The van der Waals surface area contributed by atoms with Gasteiger partial charge in [0.15, 0.2) is 0 Å². The van der Waals surface area contributed by atoms with E-state index in [1.807, 2.05) is 0 Å². The summed E-state index contributed by atoms with van der Waals surface area (Å²) in [5.41, 5.74) is 1.46. The van der Waals surface area contributed by atoms with Crippen molar-refractivity contribution in [2.75, 3.05) is 26.2 Å². The van der Waals surface area contributed by atoms with Crippen molar-refractivity contribution in [1.29, 1.82) is 0 Å². The molecule has 18 heavy (non-hydrogen) atoms. The van der Waals surface area contributed by atoms with E-state index in [2.05, 4.69) is 47.5 Å². The van der Waals surface area contributed by atoms with Crippen molar-refractivity contribution >= 4 is 0 Å². The zero-order valence-electron chi connectivity index (χ0n) is 11.6. The topological polar surface area (TPSA) is 15.3 Å². The zero-order valence-corrected chi connectivity index (χ0v) is 11.6. The lowest BCUT2D eigenvalue weighted by atomic mass is 10.0. The minimum atomic E-state index is 0.554. The third-order valence-electron chi connectivity index (χ3n) is 3.78. The Morgan fingerprint density at radius 1 is 1.11 bits per heavy atom. The summed E-state index contributed by atoms with van der Waals surface area (Å²) in [5.74, 6) is 0. The number of nitrogens with zero attached hydrogens (tertiary/aromatic N) is 1. The first kappa shape index (κ1) is 13.6. The van der Waals surface area contributed by atoms with Crippen molar-refractivity contribution in [2.45, 2.75) is 38.6 Å². The predicted molar refractivity (Wildman–Crippen MR) is 77.8 cm³/mol. The highest BCUT2D eigenvalue weighted by Crippen LogP contribution is 2.23. The molecule has 2 heteroatoms. The second-order valence-electron chi connectivity index (χ2n) is 5.23. The summed E-state index contributed by atoms with van der Waals surface area (Å²) in [6, 6.07) is 11.5. The molecule has 0 spiro atoms. The molecule has 1 aliphatic heterocycles. The van der Waals surface area contributed by atoms with Crippen LogP contribution in [0.1, 0.15) is 44.2 Å². The van der Waals surface area contributed by atoms with Crippen LogP contribution in [0.4, 0.5) is 0 Å². The van der Waals surface area contributed by atoms with Crippen molar-refractivity contribution in [3.8, 4) is 0 Å². The van der Waals surface area contributed by atoms with Crippen LogP contribution in [0.3, 0.4) is 0 Å². The fraction of sp³-hybridized carbons (Fsp3) is 0.625. The fourth-order valence-corrected chi connectivity index (χ4v) is 2.78. The van der Waals surface area contributed by atoms with Crippen LogP contribution in [-0.4, -0.2) is 31.1 Å². The Morgan fingerprint density at radius 3 is 2.50 bits per heavy atom. The van der Waals surface area contributed by atoms with Gasteiger partial charge >= 0.3 is 0 Å². The zero-order chi connectivity index (χ0) is 12.6. The average molecular weight is 246 g/mol. The highest BCUT2D eigenvalue weighted by molar-refractivity contribution is 5.19. The van der Waals surface area contributed by atoms with Gasteiger partial charge in [-0.25, -0.2) is 0 Å². The van der Waals surface area contributed by atoms with Gasteiger partial charge in [-0.05, 0) is 44.5 Å². The van der Waals surface area contributed by atoms with Crippen molar-refractivity contribution < 1.29 is 0 Å². The van der Waals surface area contributed by atoms with Crippen LogP contribution in [0.2, 0.25) is 0 Å². The van der Waals surface area contributed by atoms with Crippen molar-refractivity contribution in [1.82, 2.24) is 10.2 Å². The Labute approximate surface area is 111 Å². The van der Waals surface area contributed by atoms with Crippen molar-refractivity contribution in [3.05, 3.63) is 35.9 Å².